The highest BCUT2D eigenvalue weighted by Crippen LogP contribution is 2.35. The van der Waals surface area contributed by atoms with E-state index in [1.165, 1.54) is 6.07 Å². The van der Waals surface area contributed by atoms with Crippen molar-refractivity contribution >= 4 is 17.6 Å². The van der Waals surface area contributed by atoms with Crippen molar-refractivity contribution in [3.63, 3.8) is 0 Å². The Morgan fingerprint density at radius 3 is 2.44 bits per heavy atom. The lowest BCUT2D eigenvalue weighted by Gasteiger charge is -2.14. The number of benzene rings is 2. The molecule has 0 spiro atoms. The standard InChI is InChI=1S/C17H13ClF4O3/c1-2-9-3-5-11(16(23)24)15(19)12(9)8-25-14-6-4-10(7-13(14)18)17(20,21)22/h3-7H,2,8H2,1H3,(H,23,24). The Kier molecular flexibility index (Phi) is 5.57. The minimum absolute atomic E-state index is 0.0263. The van der Waals surface area contributed by atoms with Crippen molar-refractivity contribution in [1.29, 1.82) is 0 Å². The Hall–Kier alpha value is -2.28. The quantitative estimate of drug-likeness (QED) is 0.717. The average molecular weight is 377 g/mol. The van der Waals surface area contributed by atoms with Gasteiger partial charge in [-0.2, -0.15) is 13.2 Å². The van der Waals surface area contributed by atoms with Crippen LogP contribution < -0.4 is 4.74 Å². The second-order valence-corrected chi connectivity index (χ2v) is 5.56. The summed E-state index contributed by atoms with van der Waals surface area (Å²) >= 11 is 5.78. The summed E-state index contributed by atoms with van der Waals surface area (Å²) in [6.07, 6.45) is -4.12. The van der Waals surface area contributed by atoms with Gasteiger partial charge in [-0.25, -0.2) is 9.18 Å². The van der Waals surface area contributed by atoms with Gasteiger partial charge in [0.15, 0.2) is 0 Å². The van der Waals surface area contributed by atoms with E-state index < -0.39 is 29.1 Å². The van der Waals surface area contributed by atoms with E-state index in [1.807, 2.05) is 0 Å². The molecule has 0 aromatic heterocycles. The second-order valence-electron chi connectivity index (χ2n) is 5.16. The molecular weight excluding hydrogens is 364 g/mol. The van der Waals surface area contributed by atoms with Crippen molar-refractivity contribution in [2.45, 2.75) is 26.1 Å². The maximum absolute atomic E-state index is 14.4. The van der Waals surface area contributed by atoms with Crippen molar-refractivity contribution in [2.24, 2.45) is 0 Å². The number of aryl methyl sites for hydroxylation is 1. The molecule has 1 N–H and O–H groups in total. The van der Waals surface area contributed by atoms with Gasteiger partial charge in [0.1, 0.15) is 18.2 Å². The largest absolute Gasteiger partial charge is 0.487 e. The van der Waals surface area contributed by atoms with Crippen molar-refractivity contribution < 1.29 is 32.2 Å². The first-order chi connectivity index (χ1) is 11.6. The lowest BCUT2D eigenvalue weighted by atomic mass is 10.0. The van der Waals surface area contributed by atoms with Crippen LogP contribution in [0.3, 0.4) is 0 Å². The van der Waals surface area contributed by atoms with Crippen LogP contribution in [-0.4, -0.2) is 11.1 Å². The van der Waals surface area contributed by atoms with Gasteiger partial charge in [-0.15, -0.1) is 0 Å². The van der Waals surface area contributed by atoms with Crippen LogP contribution in [0.15, 0.2) is 30.3 Å². The molecule has 2 aromatic rings. The van der Waals surface area contributed by atoms with E-state index >= 15 is 0 Å². The predicted molar refractivity (Wildman–Crippen MR) is 83.5 cm³/mol. The maximum atomic E-state index is 14.4. The zero-order valence-electron chi connectivity index (χ0n) is 13.0. The molecule has 8 heteroatoms. The summed E-state index contributed by atoms with van der Waals surface area (Å²) in [7, 11) is 0. The minimum atomic E-state index is -4.54. The summed E-state index contributed by atoms with van der Waals surface area (Å²) in [5.74, 6) is -2.42. The Balaban J connectivity index is 2.30. The number of alkyl halides is 3. The van der Waals surface area contributed by atoms with E-state index in [2.05, 4.69) is 0 Å². The molecule has 0 aliphatic heterocycles. The number of hydrogen-bond acceptors (Lipinski definition) is 2. The van der Waals surface area contributed by atoms with E-state index in [9.17, 15) is 22.4 Å². The van der Waals surface area contributed by atoms with E-state index in [0.29, 0.717) is 18.1 Å². The van der Waals surface area contributed by atoms with Gasteiger partial charge in [-0.05, 0) is 36.2 Å². The van der Waals surface area contributed by atoms with Crippen LogP contribution in [0.25, 0.3) is 0 Å². The molecule has 0 radical (unpaired) electrons. The van der Waals surface area contributed by atoms with E-state index in [1.54, 1.807) is 6.92 Å². The molecule has 0 saturated carbocycles. The third-order valence-electron chi connectivity index (χ3n) is 3.58. The molecule has 3 nitrogen and oxygen atoms in total. The first-order valence-corrected chi connectivity index (χ1v) is 7.56. The summed E-state index contributed by atoms with van der Waals surface area (Å²) < 4.78 is 57.5. The number of aromatic carboxylic acids is 1. The minimum Gasteiger partial charge on any atom is -0.487 e. The summed E-state index contributed by atoms with van der Waals surface area (Å²) in [5, 5.41) is 8.71. The third kappa shape index (κ3) is 4.22. The van der Waals surface area contributed by atoms with Crippen LogP contribution in [0, 0.1) is 5.82 Å². The molecule has 2 aromatic carbocycles. The molecule has 0 heterocycles. The average Bonchev–Trinajstić information content (AvgIpc) is 2.53. The number of carboxylic acid groups (broad SMARTS) is 1. The van der Waals surface area contributed by atoms with Gasteiger partial charge in [0.25, 0.3) is 0 Å². The molecular formula is C17H13ClF4O3. The molecule has 0 amide bonds. The van der Waals surface area contributed by atoms with Gasteiger partial charge in [0.2, 0.25) is 0 Å². The van der Waals surface area contributed by atoms with Gasteiger partial charge in [-0.3, -0.25) is 0 Å². The van der Waals surface area contributed by atoms with Crippen molar-refractivity contribution in [3.05, 3.63) is 63.4 Å². The fraction of sp³-hybridized carbons (Fsp3) is 0.235. The summed E-state index contributed by atoms with van der Waals surface area (Å²) in [4.78, 5) is 11.0. The Labute approximate surface area is 145 Å². The van der Waals surface area contributed by atoms with Crippen LogP contribution >= 0.6 is 11.6 Å². The monoisotopic (exact) mass is 376 g/mol. The van der Waals surface area contributed by atoms with E-state index in [4.69, 9.17) is 21.4 Å². The molecule has 2 rings (SSSR count). The molecule has 0 aliphatic rings. The summed E-state index contributed by atoms with van der Waals surface area (Å²) in [6.45, 7) is 1.39. The van der Waals surface area contributed by atoms with Crippen molar-refractivity contribution in [3.8, 4) is 5.75 Å². The Morgan fingerprint density at radius 2 is 1.92 bits per heavy atom. The van der Waals surface area contributed by atoms with Gasteiger partial charge >= 0.3 is 12.1 Å². The number of hydrogen-bond donors (Lipinski definition) is 1. The number of rotatable bonds is 5. The van der Waals surface area contributed by atoms with Gasteiger partial charge in [-0.1, -0.05) is 24.6 Å². The van der Waals surface area contributed by atoms with Gasteiger partial charge in [0, 0.05) is 5.56 Å². The Bertz CT molecular complexity index is 803. The molecule has 0 bridgehead atoms. The van der Waals surface area contributed by atoms with Crippen LogP contribution in [0.4, 0.5) is 17.6 Å². The topological polar surface area (TPSA) is 46.5 Å². The smallest absolute Gasteiger partial charge is 0.416 e. The molecule has 25 heavy (non-hydrogen) atoms. The first-order valence-electron chi connectivity index (χ1n) is 7.18. The lowest BCUT2D eigenvalue weighted by molar-refractivity contribution is -0.137. The lowest BCUT2D eigenvalue weighted by Crippen LogP contribution is -2.10. The van der Waals surface area contributed by atoms with Crippen molar-refractivity contribution in [2.75, 3.05) is 0 Å². The second kappa shape index (κ2) is 7.31. The fourth-order valence-corrected chi connectivity index (χ4v) is 2.49. The summed E-state index contributed by atoms with van der Waals surface area (Å²) in [6, 6.07) is 5.17. The molecule has 0 saturated heterocycles. The third-order valence-corrected chi connectivity index (χ3v) is 3.88. The highest BCUT2D eigenvalue weighted by molar-refractivity contribution is 6.32. The van der Waals surface area contributed by atoms with E-state index in [-0.39, 0.29) is 22.9 Å². The number of carbonyl (C=O) groups is 1. The van der Waals surface area contributed by atoms with Crippen LogP contribution in [0.2, 0.25) is 5.02 Å². The highest BCUT2D eigenvalue weighted by Gasteiger charge is 2.31. The zero-order chi connectivity index (χ0) is 18.8. The molecule has 0 aliphatic carbocycles. The molecule has 0 unspecified atom stereocenters. The van der Waals surface area contributed by atoms with Gasteiger partial charge < -0.3 is 9.84 Å². The number of carboxylic acids is 1. The molecule has 0 fully saturated rings. The van der Waals surface area contributed by atoms with Crippen molar-refractivity contribution in [1.82, 2.24) is 0 Å². The predicted octanol–water partition coefficient (Wildman–Crippen LogP) is 5.34. The summed E-state index contributed by atoms with van der Waals surface area (Å²) in [5.41, 5.74) is -0.878. The maximum Gasteiger partial charge on any atom is 0.416 e. The van der Waals surface area contributed by atoms with E-state index in [0.717, 1.165) is 18.2 Å². The van der Waals surface area contributed by atoms with Crippen LogP contribution in [0.5, 0.6) is 5.75 Å². The number of ether oxygens (including phenoxy) is 1. The molecule has 134 valence electrons. The normalized spacial score (nSPS) is 11.4. The number of halogens is 5. The fourth-order valence-electron chi connectivity index (χ4n) is 2.26. The Morgan fingerprint density at radius 1 is 1.24 bits per heavy atom. The van der Waals surface area contributed by atoms with Crippen LogP contribution in [-0.2, 0) is 19.2 Å². The zero-order valence-corrected chi connectivity index (χ0v) is 13.7. The van der Waals surface area contributed by atoms with Crippen LogP contribution in [0.1, 0.15) is 34.0 Å². The van der Waals surface area contributed by atoms with Gasteiger partial charge in [0.05, 0.1) is 16.1 Å². The highest BCUT2D eigenvalue weighted by atomic mass is 35.5. The first kappa shape index (κ1) is 19.1. The SMILES string of the molecule is CCc1ccc(C(=O)O)c(F)c1COc1ccc(C(F)(F)F)cc1Cl. The molecule has 0 atom stereocenters.